The van der Waals surface area contributed by atoms with E-state index in [2.05, 4.69) is 15.0 Å². The lowest BCUT2D eigenvalue weighted by Gasteiger charge is -2.13. The molecule has 2 aromatic heterocycles. The Morgan fingerprint density at radius 2 is 1.85 bits per heavy atom. The zero-order valence-electron chi connectivity index (χ0n) is 10.7. The molecule has 0 atom stereocenters. The Morgan fingerprint density at radius 3 is 2.50 bits per heavy atom. The SMILES string of the molecule is O=c1[nH]c(Cl)c(C2CCCC2)c(=O)n1-c1cncnc1. The number of aromatic nitrogens is 4. The number of rotatable bonds is 2. The van der Waals surface area contributed by atoms with Gasteiger partial charge in [0.25, 0.3) is 5.56 Å². The molecule has 2 aromatic rings. The van der Waals surface area contributed by atoms with Gasteiger partial charge in [0.15, 0.2) is 0 Å². The van der Waals surface area contributed by atoms with E-state index in [-0.39, 0.29) is 16.6 Å². The summed E-state index contributed by atoms with van der Waals surface area (Å²) >= 11 is 6.07. The minimum atomic E-state index is -0.573. The summed E-state index contributed by atoms with van der Waals surface area (Å²) in [5.41, 5.74) is -0.112. The lowest BCUT2D eigenvalue weighted by Crippen LogP contribution is -2.37. The minimum Gasteiger partial charge on any atom is -0.297 e. The molecule has 0 bridgehead atoms. The fraction of sp³-hybridized carbons (Fsp3) is 0.385. The van der Waals surface area contributed by atoms with Crippen molar-refractivity contribution < 1.29 is 0 Å². The third-order valence-corrected chi connectivity index (χ3v) is 3.96. The molecule has 6 nitrogen and oxygen atoms in total. The van der Waals surface area contributed by atoms with Crippen molar-refractivity contribution in [3.05, 3.63) is 50.3 Å². The second kappa shape index (κ2) is 5.20. The van der Waals surface area contributed by atoms with Gasteiger partial charge in [0, 0.05) is 0 Å². The summed E-state index contributed by atoms with van der Waals surface area (Å²) in [4.78, 5) is 34.8. The average Bonchev–Trinajstić information content (AvgIpc) is 2.93. The van der Waals surface area contributed by atoms with Crippen molar-refractivity contribution in [2.75, 3.05) is 0 Å². The second-order valence-corrected chi connectivity index (χ2v) is 5.25. The molecule has 1 aliphatic carbocycles. The van der Waals surface area contributed by atoms with Gasteiger partial charge in [-0.15, -0.1) is 0 Å². The maximum atomic E-state index is 12.6. The summed E-state index contributed by atoms with van der Waals surface area (Å²) in [7, 11) is 0. The van der Waals surface area contributed by atoms with Gasteiger partial charge in [-0.05, 0) is 18.8 Å². The molecule has 1 N–H and O–H groups in total. The lowest BCUT2D eigenvalue weighted by molar-refractivity contribution is 0.688. The van der Waals surface area contributed by atoms with Crippen molar-refractivity contribution in [3.8, 4) is 5.69 Å². The molecule has 0 aliphatic heterocycles. The van der Waals surface area contributed by atoms with E-state index in [0.29, 0.717) is 11.3 Å². The molecule has 104 valence electrons. The quantitative estimate of drug-likeness (QED) is 0.853. The highest BCUT2D eigenvalue weighted by molar-refractivity contribution is 6.30. The second-order valence-electron chi connectivity index (χ2n) is 4.88. The standard InChI is InChI=1S/C13H13ClN4O2/c14-11-10(8-3-1-2-4-8)12(19)18(13(20)17-11)9-5-15-7-16-6-9/h5-8H,1-4H2,(H,17,20). The van der Waals surface area contributed by atoms with Gasteiger partial charge < -0.3 is 0 Å². The van der Waals surface area contributed by atoms with E-state index >= 15 is 0 Å². The Balaban J connectivity index is 2.23. The van der Waals surface area contributed by atoms with Crippen molar-refractivity contribution >= 4 is 11.6 Å². The van der Waals surface area contributed by atoms with E-state index in [1.165, 1.54) is 18.7 Å². The Kier molecular flexibility index (Phi) is 3.40. The maximum Gasteiger partial charge on any atom is 0.334 e. The molecule has 0 radical (unpaired) electrons. The van der Waals surface area contributed by atoms with Crippen LogP contribution in [0.3, 0.4) is 0 Å². The predicted molar refractivity (Wildman–Crippen MR) is 74.5 cm³/mol. The van der Waals surface area contributed by atoms with Crippen LogP contribution >= 0.6 is 11.6 Å². The molecule has 0 amide bonds. The monoisotopic (exact) mass is 292 g/mol. The predicted octanol–water partition coefficient (Wildman–Crippen LogP) is 1.63. The van der Waals surface area contributed by atoms with Crippen LogP contribution < -0.4 is 11.2 Å². The zero-order valence-corrected chi connectivity index (χ0v) is 11.4. The Labute approximate surface area is 119 Å². The first-order valence-corrected chi connectivity index (χ1v) is 6.86. The molecule has 0 aromatic carbocycles. The zero-order chi connectivity index (χ0) is 14.1. The van der Waals surface area contributed by atoms with Crippen LogP contribution in [0, 0.1) is 0 Å². The molecule has 1 saturated carbocycles. The van der Waals surface area contributed by atoms with E-state index in [9.17, 15) is 9.59 Å². The maximum absolute atomic E-state index is 12.6. The third kappa shape index (κ3) is 2.16. The first-order valence-electron chi connectivity index (χ1n) is 6.48. The highest BCUT2D eigenvalue weighted by atomic mass is 35.5. The first kappa shape index (κ1) is 13.1. The fourth-order valence-electron chi connectivity index (χ4n) is 2.73. The first-order chi connectivity index (χ1) is 9.68. The van der Waals surface area contributed by atoms with Gasteiger partial charge in [-0.25, -0.2) is 19.3 Å². The van der Waals surface area contributed by atoms with Crippen LogP contribution in [-0.2, 0) is 0 Å². The third-order valence-electron chi connectivity index (χ3n) is 3.66. The number of nitrogens with zero attached hydrogens (tertiary/aromatic N) is 3. The highest BCUT2D eigenvalue weighted by Crippen LogP contribution is 2.34. The molecule has 1 aliphatic rings. The summed E-state index contributed by atoms with van der Waals surface area (Å²) in [5.74, 6) is 0.114. The summed E-state index contributed by atoms with van der Waals surface area (Å²) in [6, 6.07) is 0. The summed E-state index contributed by atoms with van der Waals surface area (Å²) in [5, 5.41) is 0.153. The summed E-state index contributed by atoms with van der Waals surface area (Å²) in [6.07, 6.45) is 8.20. The van der Waals surface area contributed by atoms with Crippen LogP contribution in [0.15, 0.2) is 28.3 Å². The van der Waals surface area contributed by atoms with Gasteiger partial charge in [-0.3, -0.25) is 9.78 Å². The van der Waals surface area contributed by atoms with Crippen molar-refractivity contribution in [2.24, 2.45) is 0 Å². The van der Waals surface area contributed by atoms with Crippen LogP contribution in [0.5, 0.6) is 0 Å². The average molecular weight is 293 g/mol. The number of aromatic amines is 1. The topological polar surface area (TPSA) is 80.6 Å². The summed E-state index contributed by atoms with van der Waals surface area (Å²) in [6.45, 7) is 0. The van der Waals surface area contributed by atoms with Crippen molar-refractivity contribution in [1.82, 2.24) is 19.5 Å². The van der Waals surface area contributed by atoms with Crippen LogP contribution in [0.2, 0.25) is 5.15 Å². The molecule has 2 heterocycles. The van der Waals surface area contributed by atoms with Crippen LogP contribution in [-0.4, -0.2) is 19.5 Å². The Bertz CT molecular complexity index is 732. The number of H-pyrrole nitrogens is 1. The molecular formula is C13H13ClN4O2. The molecule has 7 heteroatoms. The molecule has 0 unspecified atom stereocenters. The largest absolute Gasteiger partial charge is 0.334 e. The summed E-state index contributed by atoms with van der Waals surface area (Å²) < 4.78 is 1.04. The van der Waals surface area contributed by atoms with Gasteiger partial charge in [-0.1, -0.05) is 24.4 Å². The van der Waals surface area contributed by atoms with Gasteiger partial charge >= 0.3 is 5.69 Å². The molecule has 20 heavy (non-hydrogen) atoms. The number of nitrogens with one attached hydrogen (secondary N) is 1. The van der Waals surface area contributed by atoms with Crippen LogP contribution in [0.1, 0.15) is 37.2 Å². The molecular weight excluding hydrogens is 280 g/mol. The fourth-order valence-corrected chi connectivity index (χ4v) is 3.05. The molecule has 0 saturated heterocycles. The molecule has 1 fully saturated rings. The number of hydrogen-bond acceptors (Lipinski definition) is 4. The van der Waals surface area contributed by atoms with Crippen LogP contribution in [0.25, 0.3) is 5.69 Å². The van der Waals surface area contributed by atoms with E-state index in [1.807, 2.05) is 0 Å². The van der Waals surface area contributed by atoms with Gasteiger partial charge in [0.1, 0.15) is 11.5 Å². The van der Waals surface area contributed by atoms with E-state index in [4.69, 9.17) is 11.6 Å². The van der Waals surface area contributed by atoms with Crippen molar-refractivity contribution in [1.29, 1.82) is 0 Å². The van der Waals surface area contributed by atoms with Gasteiger partial charge in [0.2, 0.25) is 0 Å². The van der Waals surface area contributed by atoms with Gasteiger partial charge in [-0.2, -0.15) is 0 Å². The highest BCUT2D eigenvalue weighted by Gasteiger charge is 2.25. The molecule has 0 spiro atoms. The Morgan fingerprint density at radius 1 is 1.20 bits per heavy atom. The van der Waals surface area contributed by atoms with E-state index in [1.54, 1.807) is 0 Å². The van der Waals surface area contributed by atoms with E-state index in [0.717, 1.165) is 30.3 Å². The van der Waals surface area contributed by atoms with Crippen molar-refractivity contribution in [3.63, 3.8) is 0 Å². The van der Waals surface area contributed by atoms with E-state index < -0.39 is 5.69 Å². The number of hydrogen-bond donors (Lipinski definition) is 1. The smallest absolute Gasteiger partial charge is 0.297 e. The van der Waals surface area contributed by atoms with Crippen molar-refractivity contribution in [2.45, 2.75) is 31.6 Å². The minimum absolute atomic E-state index is 0.114. The van der Waals surface area contributed by atoms with Gasteiger partial charge in [0.05, 0.1) is 23.6 Å². The molecule has 3 rings (SSSR count). The number of halogens is 1. The normalized spacial score (nSPS) is 15.7. The Hall–Kier alpha value is -1.95. The van der Waals surface area contributed by atoms with Crippen LogP contribution in [0.4, 0.5) is 0 Å². The lowest BCUT2D eigenvalue weighted by atomic mass is 10.0.